The Kier molecular flexibility index (Phi) is 4.33. The number of nitrogens with two attached hydrogens (primary N) is 1. The van der Waals surface area contributed by atoms with Crippen LogP contribution in [0.4, 0.5) is 0 Å². The molecule has 0 aliphatic carbocycles. The predicted octanol–water partition coefficient (Wildman–Crippen LogP) is 1.55. The highest BCUT2D eigenvalue weighted by Gasteiger charge is 2.25. The van der Waals surface area contributed by atoms with E-state index in [4.69, 9.17) is 5.73 Å². The molecule has 1 atom stereocenters. The molecule has 3 nitrogen and oxygen atoms in total. The fourth-order valence-corrected chi connectivity index (χ4v) is 1.90. The Morgan fingerprint density at radius 3 is 2.31 bits per heavy atom. The summed E-state index contributed by atoms with van der Waals surface area (Å²) in [7, 11) is 0. The highest BCUT2D eigenvalue weighted by atomic mass is 35.5. The van der Waals surface area contributed by atoms with Gasteiger partial charge in [0.1, 0.15) is 0 Å². The number of nitrogens with zero attached hydrogens (tertiary/aromatic N) is 1. The molecular formula is C12H17ClN2O. The van der Waals surface area contributed by atoms with Gasteiger partial charge in [-0.1, -0.05) is 31.2 Å². The topological polar surface area (TPSA) is 46.3 Å². The largest absolute Gasteiger partial charge is 0.334 e. The van der Waals surface area contributed by atoms with Gasteiger partial charge < -0.3 is 10.6 Å². The maximum atomic E-state index is 11.9. The lowest BCUT2D eigenvalue weighted by Gasteiger charge is -2.19. The van der Waals surface area contributed by atoms with Gasteiger partial charge in [-0.25, -0.2) is 0 Å². The summed E-state index contributed by atoms with van der Waals surface area (Å²) in [5.74, 6) is 0.0908. The quantitative estimate of drug-likeness (QED) is 0.853. The minimum Gasteiger partial charge on any atom is -0.334 e. The molecule has 0 bridgehead atoms. The lowest BCUT2D eigenvalue weighted by Crippen LogP contribution is -2.34. The van der Waals surface area contributed by atoms with Gasteiger partial charge in [0.15, 0.2) is 0 Å². The van der Waals surface area contributed by atoms with Crippen molar-refractivity contribution in [1.29, 1.82) is 0 Å². The third kappa shape index (κ3) is 2.36. The number of hydrogen-bond acceptors (Lipinski definition) is 2. The maximum Gasteiger partial charge on any atom is 0.227 e. The summed E-state index contributed by atoms with van der Waals surface area (Å²) >= 11 is 0. The fourth-order valence-electron chi connectivity index (χ4n) is 1.90. The average Bonchev–Trinajstić information content (AvgIpc) is 2.70. The van der Waals surface area contributed by atoms with Crippen LogP contribution in [0.5, 0.6) is 0 Å². The van der Waals surface area contributed by atoms with E-state index in [0.29, 0.717) is 6.54 Å². The van der Waals surface area contributed by atoms with Crippen LogP contribution in [-0.2, 0) is 17.9 Å². The molecule has 0 fully saturated rings. The standard InChI is InChI=1S/C12H16N2O.ClH/c1-9(6-13)12(15)14-7-10-4-2-3-5-11(10)8-14;/h2-5,9H,6-8,13H2,1H3;1H. The Morgan fingerprint density at radius 2 is 1.88 bits per heavy atom. The van der Waals surface area contributed by atoms with E-state index in [2.05, 4.69) is 12.1 Å². The molecule has 0 saturated heterocycles. The van der Waals surface area contributed by atoms with Gasteiger partial charge >= 0.3 is 0 Å². The molecule has 2 N–H and O–H groups in total. The minimum absolute atomic E-state index is 0. The Balaban J connectivity index is 0.00000128. The molecule has 0 saturated carbocycles. The highest BCUT2D eigenvalue weighted by Crippen LogP contribution is 2.23. The Bertz CT molecular complexity index is 356. The SMILES string of the molecule is CC(CN)C(=O)N1Cc2ccccc2C1.Cl. The maximum absolute atomic E-state index is 11.9. The van der Waals surface area contributed by atoms with Crippen molar-refractivity contribution in [2.75, 3.05) is 6.54 Å². The van der Waals surface area contributed by atoms with E-state index in [1.807, 2.05) is 24.0 Å². The first kappa shape index (κ1) is 13.0. The van der Waals surface area contributed by atoms with Crippen LogP contribution < -0.4 is 5.73 Å². The second-order valence-electron chi connectivity index (χ2n) is 4.10. The van der Waals surface area contributed by atoms with Crippen LogP contribution in [0.1, 0.15) is 18.1 Å². The zero-order valence-corrected chi connectivity index (χ0v) is 10.2. The van der Waals surface area contributed by atoms with Crippen LogP contribution >= 0.6 is 12.4 Å². The summed E-state index contributed by atoms with van der Waals surface area (Å²) in [6, 6.07) is 8.18. The molecule has 4 heteroatoms. The number of hydrogen-bond donors (Lipinski definition) is 1. The lowest BCUT2D eigenvalue weighted by atomic mass is 10.1. The Morgan fingerprint density at radius 1 is 1.38 bits per heavy atom. The van der Waals surface area contributed by atoms with Crippen molar-refractivity contribution in [3.63, 3.8) is 0 Å². The number of halogens is 1. The molecule has 1 heterocycles. The summed E-state index contributed by atoms with van der Waals surface area (Å²) in [6.07, 6.45) is 0. The molecule has 1 unspecified atom stereocenters. The second-order valence-corrected chi connectivity index (χ2v) is 4.10. The normalized spacial score (nSPS) is 15.2. The zero-order chi connectivity index (χ0) is 10.8. The van der Waals surface area contributed by atoms with Crippen molar-refractivity contribution in [2.24, 2.45) is 11.7 Å². The molecule has 0 radical (unpaired) electrons. The van der Waals surface area contributed by atoms with E-state index >= 15 is 0 Å². The Labute approximate surface area is 102 Å². The van der Waals surface area contributed by atoms with Crippen molar-refractivity contribution in [3.8, 4) is 0 Å². The van der Waals surface area contributed by atoms with Crippen molar-refractivity contribution >= 4 is 18.3 Å². The molecule has 88 valence electrons. The van der Waals surface area contributed by atoms with Crippen molar-refractivity contribution < 1.29 is 4.79 Å². The summed E-state index contributed by atoms with van der Waals surface area (Å²) in [5.41, 5.74) is 8.02. The first-order valence-corrected chi connectivity index (χ1v) is 5.28. The highest BCUT2D eigenvalue weighted by molar-refractivity contribution is 5.85. The van der Waals surface area contributed by atoms with Gasteiger partial charge in [0.2, 0.25) is 5.91 Å². The van der Waals surface area contributed by atoms with E-state index in [1.54, 1.807) is 0 Å². The van der Waals surface area contributed by atoms with Crippen LogP contribution in [-0.4, -0.2) is 17.4 Å². The summed E-state index contributed by atoms with van der Waals surface area (Å²) in [4.78, 5) is 13.8. The summed E-state index contributed by atoms with van der Waals surface area (Å²) in [6.45, 7) is 3.77. The van der Waals surface area contributed by atoms with Gasteiger partial charge in [0, 0.05) is 25.6 Å². The average molecular weight is 241 g/mol. The first-order valence-electron chi connectivity index (χ1n) is 5.28. The number of amides is 1. The third-order valence-electron chi connectivity index (χ3n) is 2.93. The lowest BCUT2D eigenvalue weighted by molar-refractivity contribution is -0.135. The number of carbonyl (C=O) groups is 1. The van der Waals surface area contributed by atoms with E-state index < -0.39 is 0 Å². The monoisotopic (exact) mass is 240 g/mol. The predicted molar refractivity (Wildman–Crippen MR) is 66.2 cm³/mol. The number of carbonyl (C=O) groups excluding carboxylic acids is 1. The van der Waals surface area contributed by atoms with Gasteiger partial charge in [0.25, 0.3) is 0 Å². The molecule has 1 aliphatic heterocycles. The van der Waals surface area contributed by atoms with E-state index in [1.165, 1.54) is 11.1 Å². The Hall–Kier alpha value is -1.06. The van der Waals surface area contributed by atoms with Crippen molar-refractivity contribution in [3.05, 3.63) is 35.4 Å². The van der Waals surface area contributed by atoms with Crippen LogP contribution in [0.25, 0.3) is 0 Å². The van der Waals surface area contributed by atoms with Crippen LogP contribution in [0.3, 0.4) is 0 Å². The zero-order valence-electron chi connectivity index (χ0n) is 9.35. The molecular weight excluding hydrogens is 224 g/mol. The molecule has 1 amide bonds. The summed E-state index contributed by atoms with van der Waals surface area (Å²) < 4.78 is 0. The fraction of sp³-hybridized carbons (Fsp3) is 0.417. The van der Waals surface area contributed by atoms with Gasteiger partial charge in [-0.15, -0.1) is 12.4 Å². The molecule has 1 aliphatic rings. The molecule has 0 spiro atoms. The van der Waals surface area contributed by atoms with Crippen LogP contribution in [0.15, 0.2) is 24.3 Å². The van der Waals surface area contributed by atoms with Crippen molar-refractivity contribution in [1.82, 2.24) is 4.90 Å². The number of benzene rings is 1. The van der Waals surface area contributed by atoms with E-state index in [-0.39, 0.29) is 24.2 Å². The summed E-state index contributed by atoms with van der Waals surface area (Å²) in [5, 5.41) is 0. The van der Waals surface area contributed by atoms with Crippen LogP contribution in [0, 0.1) is 5.92 Å². The number of fused-ring (bicyclic) bond motifs is 1. The van der Waals surface area contributed by atoms with Crippen molar-refractivity contribution in [2.45, 2.75) is 20.0 Å². The van der Waals surface area contributed by atoms with Gasteiger partial charge in [-0.05, 0) is 11.1 Å². The molecule has 2 rings (SSSR count). The van der Waals surface area contributed by atoms with Gasteiger partial charge in [-0.2, -0.15) is 0 Å². The molecule has 1 aromatic rings. The van der Waals surface area contributed by atoms with E-state index in [9.17, 15) is 4.79 Å². The van der Waals surface area contributed by atoms with E-state index in [0.717, 1.165) is 13.1 Å². The van der Waals surface area contributed by atoms with Gasteiger partial charge in [-0.3, -0.25) is 4.79 Å². The number of rotatable bonds is 2. The van der Waals surface area contributed by atoms with Gasteiger partial charge in [0.05, 0.1) is 0 Å². The molecule has 0 aromatic heterocycles. The third-order valence-corrected chi connectivity index (χ3v) is 2.93. The first-order chi connectivity index (χ1) is 7.22. The smallest absolute Gasteiger partial charge is 0.227 e. The van der Waals surface area contributed by atoms with Crippen LogP contribution in [0.2, 0.25) is 0 Å². The molecule has 1 aromatic carbocycles. The minimum atomic E-state index is -0.0701. The second kappa shape index (κ2) is 5.32. The molecule has 16 heavy (non-hydrogen) atoms.